The molecule has 0 spiro atoms. The van der Waals surface area contributed by atoms with Crippen molar-refractivity contribution in [3.63, 3.8) is 0 Å². The third-order valence-electron chi connectivity index (χ3n) is 6.69. The lowest BCUT2D eigenvalue weighted by Crippen LogP contribution is -2.39. The van der Waals surface area contributed by atoms with Crippen LogP contribution in [0.2, 0.25) is 0 Å². The van der Waals surface area contributed by atoms with Crippen LogP contribution in [0.25, 0.3) is 5.57 Å². The van der Waals surface area contributed by atoms with E-state index in [9.17, 15) is 5.11 Å². The summed E-state index contributed by atoms with van der Waals surface area (Å²) < 4.78 is 5.38. The van der Waals surface area contributed by atoms with Gasteiger partial charge in [-0.25, -0.2) is 0 Å². The van der Waals surface area contributed by atoms with E-state index in [1.165, 1.54) is 24.0 Å². The standard InChI is InChI=1S/C20H26O2/c1-3-20-11-10-16-15-7-5-14(22-2)12-13(15)4-6-17(16)18(20)8-9-19(20)21/h5,7,12,18-19,21H,3-4,6,8-11H2,1-2H3/t18?,19-,20-/m0/s1. The maximum absolute atomic E-state index is 10.6. The van der Waals surface area contributed by atoms with E-state index in [1.807, 2.05) is 0 Å². The van der Waals surface area contributed by atoms with Gasteiger partial charge in [0.15, 0.2) is 0 Å². The number of aliphatic hydroxyl groups is 1. The second-order valence-electron chi connectivity index (χ2n) is 7.26. The predicted molar refractivity (Wildman–Crippen MR) is 88.9 cm³/mol. The molecule has 1 N–H and O–H groups in total. The average molecular weight is 298 g/mol. The smallest absolute Gasteiger partial charge is 0.119 e. The molecule has 1 fully saturated rings. The van der Waals surface area contributed by atoms with Crippen LogP contribution in [0.3, 0.4) is 0 Å². The highest BCUT2D eigenvalue weighted by atomic mass is 16.5. The summed E-state index contributed by atoms with van der Waals surface area (Å²) in [6, 6.07) is 6.57. The van der Waals surface area contributed by atoms with Crippen LogP contribution in [0.1, 0.15) is 56.6 Å². The van der Waals surface area contributed by atoms with Crippen molar-refractivity contribution in [2.45, 2.75) is 58.0 Å². The topological polar surface area (TPSA) is 29.5 Å². The minimum absolute atomic E-state index is 0.0891. The summed E-state index contributed by atoms with van der Waals surface area (Å²) in [5.41, 5.74) is 6.33. The number of aryl methyl sites for hydroxylation is 1. The lowest BCUT2D eigenvalue weighted by Gasteiger charge is -2.45. The number of hydrogen-bond donors (Lipinski definition) is 1. The highest BCUT2D eigenvalue weighted by Crippen LogP contribution is 2.59. The van der Waals surface area contributed by atoms with E-state index in [2.05, 4.69) is 25.1 Å². The highest BCUT2D eigenvalue weighted by molar-refractivity contribution is 5.75. The van der Waals surface area contributed by atoms with Gasteiger partial charge in [-0.1, -0.05) is 18.6 Å². The van der Waals surface area contributed by atoms with E-state index >= 15 is 0 Å². The van der Waals surface area contributed by atoms with Gasteiger partial charge in [0.05, 0.1) is 13.2 Å². The van der Waals surface area contributed by atoms with Crippen LogP contribution in [0.4, 0.5) is 0 Å². The lowest BCUT2D eigenvalue weighted by molar-refractivity contribution is 0.0193. The number of rotatable bonds is 2. The van der Waals surface area contributed by atoms with E-state index in [4.69, 9.17) is 4.74 Å². The van der Waals surface area contributed by atoms with Crippen LogP contribution >= 0.6 is 0 Å². The van der Waals surface area contributed by atoms with E-state index in [1.54, 1.807) is 18.3 Å². The van der Waals surface area contributed by atoms with Crippen LogP contribution in [-0.2, 0) is 6.42 Å². The fourth-order valence-electron chi connectivity index (χ4n) is 5.48. The molecule has 1 aromatic rings. The summed E-state index contributed by atoms with van der Waals surface area (Å²) in [6.45, 7) is 2.27. The molecule has 0 saturated heterocycles. The number of hydrogen-bond acceptors (Lipinski definition) is 2. The van der Waals surface area contributed by atoms with Crippen molar-refractivity contribution in [1.29, 1.82) is 0 Å². The Labute approximate surface area is 133 Å². The zero-order chi connectivity index (χ0) is 15.3. The number of fused-ring (bicyclic) bond motifs is 4. The summed E-state index contributed by atoms with van der Waals surface area (Å²) in [5.74, 6) is 1.59. The van der Waals surface area contributed by atoms with E-state index in [-0.39, 0.29) is 11.5 Å². The van der Waals surface area contributed by atoms with Gasteiger partial charge in [-0.2, -0.15) is 0 Å². The molecule has 3 atom stereocenters. The fraction of sp³-hybridized carbons (Fsp3) is 0.600. The molecule has 1 aromatic carbocycles. The molecule has 1 unspecified atom stereocenters. The Morgan fingerprint density at radius 3 is 2.86 bits per heavy atom. The second kappa shape index (κ2) is 5.13. The molecule has 3 aliphatic carbocycles. The summed E-state index contributed by atoms with van der Waals surface area (Å²) in [6.07, 6.45) is 7.78. The zero-order valence-electron chi connectivity index (χ0n) is 13.7. The SMILES string of the molecule is CC[C@]12CCC3=C(CCc4cc(OC)ccc43)C1CC[C@@H]2O. The number of ether oxygens (including phenoxy) is 1. The molecule has 2 heteroatoms. The molecular formula is C20H26O2. The van der Waals surface area contributed by atoms with Crippen LogP contribution in [0.15, 0.2) is 23.8 Å². The van der Waals surface area contributed by atoms with Crippen molar-refractivity contribution in [3.05, 3.63) is 34.9 Å². The van der Waals surface area contributed by atoms with Gasteiger partial charge in [0.25, 0.3) is 0 Å². The second-order valence-corrected chi connectivity index (χ2v) is 7.26. The molecule has 0 amide bonds. The van der Waals surface area contributed by atoms with E-state index in [0.29, 0.717) is 5.92 Å². The first-order chi connectivity index (χ1) is 10.7. The molecule has 2 nitrogen and oxygen atoms in total. The first-order valence-electron chi connectivity index (χ1n) is 8.77. The first kappa shape index (κ1) is 14.3. The Morgan fingerprint density at radius 1 is 1.23 bits per heavy atom. The molecule has 1 saturated carbocycles. The third-order valence-corrected chi connectivity index (χ3v) is 6.69. The largest absolute Gasteiger partial charge is 0.497 e. The van der Waals surface area contributed by atoms with E-state index in [0.717, 1.165) is 37.9 Å². The van der Waals surface area contributed by atoms with Crippen LogP contribution in [-0.4, -0.2) is 18.3 Å². The maximum Gasteiger partial charge on any atom is 0.119 e. The van der Waals surface area contributed by atoms with E-state index < -0.39 is 0 Å². The molecule has 0 heterocycles. The number of methoxy groups -OCH3 is 1. The van der Waals surface area contributed by atoms with Gasteiger partial charge in [0, 0.05) is 5.41 Å². The minimum atomic E-state index is -0.0891. The number of allylic oxidation sites excluding steroid dienone is 2. The molecule has 0 aliphatic heterocycles. The maximum atomic E-state index is 10.6. The fourth-order valence-corrected chi connectivity index (χ4v) is 5.48. The summed E-state index contributed by atoms with van der Waals surface area (Å²) in [7, 11) is 1.74. The minimum Gasteiger partial charge on any atom is -0.497 e. The Morgan fingerprint density at radius 2 is 2.09 bits per heavy atom. The summed E-state index contributed by atoms with van der Waals surface area (Å²) >= 11 is 0. The Kier molecular flexibility index (Phi) is 3.34. The normalized spacial score (nSPS) is 33.2. The lowest BCUT2D eigenvalue weighted by atomic mass is 9.60. The predicted octanol–water partition coefficient (Wildman–Crippen LogP) is 4.36. The van der Waals surface area contributed by atoms with Crippen LogP contribution in [0, 0.1) is 11.3 Å². The first-order valence-corrected chi connectivity index (χ1v) is 8.77. The number of benzene rings is 1. The zero-order valence-corrected chi connectivity index (χ0v) is 13.7. The van der Waals surface area contributed by atoms with Crippen LogP contribution < -0.4 is 4.74 Å². The molecule has 0 radical (unpaired) electrons. The molecule has 22 heavy (non-hydrogen) atoms. The van der Waals surface area contributed by atoms with Gasteiger partial charge in [-0.05, 0) is 79.7 Å². The average Bonchev–Trinajstić information content (AvgIpc) is 2.91. The summed E-state index contributed by atoms with van der Waals surface area (Å²) in [4.78, 5) is 0. The molecule has 0 bridgehead atoms. The van der Waals surface area contributed by atoms with Gasteiger partial charge in [-0.15, -0.1) is 0 Å². The van der Waals surface area contributed by atoms with Crippen molar-refractivity contribution in [2.75, 3.05) is 7.11 Å². The van der Waals surface area contributed by atoms with Crippen molar-refractivity contribution < 1.29 is 9.84 Å². The monoisotopic (exact) mass is 298 g/mol. The van der Waals surface area contributed by atoms with Crippen molar-refractivity contribution >= 4 is 5.57 Å². The molecule has 0 aromatic heterocycles. The van der Waals surface area contributed by atoms with Crippen molar-refractivity contribution in [3.8, 4) is 5.75 Å². The molecule has 118 valence electrons. The Hall–Kier alpha value is -1.28. The van der Waals surface area contributed by atoms with Gasteiger partial charge in [0.2, 0.25) is 0 Å². The highest BCUT2D eigenvalue weighted by Gasteiger charge is 2.52. The van der Waals surface area contributed by atoms with Gasteiger partial charge < -0.3 is 9.84 Å². The summed E-state index contributed by atoms with van der Waals surface area (Å²) in [5, 5.41) is 10.6. The Balaban J connectivity index is 1.79. The van der Waals surface area contributed by atoms with Gasteiger partial charge in [0.1, 0.15) is 5.75 Å². The van der Waals surface area contributed by atoms with Crippen molar-refractivity contribution in [1.82, 2.24) is 0 Å². The number of aliphatic hydroxyl groups excluding tert-OH is 1. The Bertz CT molecular complexity index is 631. The molecular weight excluding hydrogens is 272 g/mol. The van der Waals surface area contributed by atoms with Gasteiger partial charge >= 0.3 is 0 Å². The molecule has 3 aliphatic rings. The molecule has 4 rings (SSSR count). The third kappa shape index (κ3) is 1.83. The van der Waals surface area contributed by atoms with Crippen molar-refractivity contribution in [2.24, 2.45) is 11.3 Å². The quantitative estimate of drug-likeness (QED) is 0.879. The van der Waals surface area contributed by atoms with Crippen LogP contribution in [0.5, 0.6) is 5.75 Å². The van der Waals surface area contributed by atoms with Gasteiger partial charge in [-0.3, -0.25) is 0 Å².